The number of halogens is 6. The molecule has 1 aliphatic heterocycles. The highest BCUT2D eigenvalue weighted by Crippen LogP contribution is 2.40. The predicted molar refractivity (Wildman–Crippen MR) is 106 cm³/mol. The normalized spacial score (nSPS) is 17.3. The molecule has 1 aromatic heterocycles. The van der Waals surface area contributed by atoms with Gasteiger partial charge in [-0.3, -0.25) is 0 Å². The van der Waals surface area contributed by atoms with Crippen LogP contribution in [0.3, 0.4) is 0 Å². The average molecular weight is 480 g/mol. The lowest BCUT2D eigenvalue weighted by atomic mass is 9.94. The first-order valence-corrected chi connectivity index (χ1v) is 10.0. The summed E-state index contributed by atoms with van der Waals surface area (Å²) < 4.78 is 85.0. The Bertz CT molecular complexity index is 997. The SMILES string of the molecule is CCOC(=O)C1=C(c2cc(C(F)(F)F)cc(C(F)(F)F)c2)NC(=S)NC1c1cccs1. The third kappa shape index (κ3) is 5.01. The van der Waals surface area contributed by atoms with E-state index >= 15 is 0 Å². The van der Waals surface area contributed by atoms with E-state index in [0.717, 1.165) is 0 Å². The number of thiophene rings is 1. The summed E-state index contributed by atoms with van der Waals surface area (Å²) in [6, 6.07) is 3.52. The van der Waals surface area contributed by atoms with E-state index in [2.05, 4.69) is 10.6 Å². The fourth-order valence-corrected chi connectivity index (χ4v) is 3.99. The summed E-state index contributed by atoms with van der Waals surface area (Å²) in [5.74, 6) is -0.899. The van der Waals surface area contributed by atoms with Gasteiger partial charge in [-0.25, -0.2) is 4.79 Å². The minimum absolute atomic E-state index is 0.0181. The molecule has 4 nitrogen and oxygen atoms in total. The van der Waals surface area contributed by atoms with Crippen molar-refractivity contribution in [2.45, 2.75) is 25.3 Å². The summed E-state index contributed by atoms with van der Waals surface area (Å²) in [6.07, 6.45) is -10.1. The number of hydrogen-bond acceptors (Lipinski definition) is 4. The van der Waals surface area contributed by atoms with Crippen LogP contribution in [-0.2, 0) is 21.9 Å². The Morgan fingerprint density at radius 1 is 1.13 bits per heavy atom. The van der Waals surface area contributed by atoms with Gasteiger partial charge in [0.15, 0.2) is 5.11 Å². The van der Waals surface area contributed by atoms with Crippen molar-refractivity contribution in [1.82, 2.24) is 10.6 Å². The fourth-order valence-electron chi connectivity index (χ4n) is 2.99. The summed E-state index contributed by atoms with van der Waals surface area (Å²) >= 11 is 6.33. The fraction of sp³-hybridized carbons (Fsp3) is 0.263. The van der Waals surface area contributed by atoms with Crippen molar-refractivity contribution in [3.8, 4) is 0 Å². The summed E-state index contributed by atoms with van der Waals surface area (Å²) in [6.45, 7) is 1.48. The van der Waals surface area contributed by atoms with Crippen molar-refractivity contribution in [3.63, 3.8) is 0 Å². The Morgan fingerprint density at radius 2 is 1.74 bits per heavy atom. The second kappa shape index (κ2) is 8.50. The summed E-state index contributed by atoms with van der Waals surface area (Å²) in [5.41, 5.74) is -3.96. The second-order valence-corrected chi connectivity index (χ2v) is 7.74. The molecule has 0 amide bonds. The van der Waals surface area contributed by atoms with E-state index in [1.807, 2.05) is 0 Å². The zero-order chi connectivity index (χ0) is 23.0. The van der Waals surface area contributed by atoms with Gasteiger partial charge in [0.05, 0.1) is 35.0 Å². The van der Waals surface area contributed by atoms with Crippen molar-refractivity contribution in [2.75, 3.05) is 6.61 Å². The first-order chi connectivity index (χ1) is 14.4. The largest absolute Gasteiger partial charge is 0.463 e. The Kier molecular flexibility index (Phi) is 6.33. The van der Waals surface area contributed by atoms with Crippen molar-refractivity contribution in [1.29, 1.82) is 0 Å². The molecule has 2 N–H and O–H groups in total. The van der Waals surface area contributed by atoms with Gasteiger partial charge in [0.1, 0.15) is 0 Å². The van der Waals surface area contributed by atoms with Crippen LogP contribution in [0.15, 0.2) is 41.3 Å². The zero-order valence-electron chi connectivity index (χ0n) is 15.6. The van der Waals surface area contributed by atoms with Gasteiger partial charge in [-0.15, -0.1) is 11.3 Å². The minimum Gasteiger partial charge on any atom is -0.463 e. The van der Waals surface area contributed by atoms with Gasteiger partial charge in [0, 0.05) is 4.88 Å². The van der Waals surface area contributed by atoms with Crippen molar-refractivity contribution >= 4 is 40.3 Å². The molecule has 0 bridgehead atoms. The maximum Gasteiger partial charge on any atom is 0.416 e. The van der Waals surface area contributed by atoms with Crippen LogP contribution in [0.1, 0.15) is 34.5 Å². The number of hydrogen-bond donors (Lipinski definition) is 2. The van der Waals surface area contributed by atoms with E-state index in [-0.39, 0.29) is 29.1 Å². The van der Waals surface area contributed by atoms with Crippen LogP contribution in [0.2, 0.25) is 0 Å². The highest BCUT2D eigenvalue weighted by atomic mass is 32.1. The molecule has 1 atom stereocenters. The third-order valence-electron chi connectivity index (χ3n) is 4.27. The van der Waals surface area contributed by atoms with E-state index in [4.69, 9.17) is 17.0 Å². The summed E-state index contributed by atoms with van der Waals surface area (Å²) in [5, 5.41) is 7.01. The molecule has 166 valence electrons. The quantitative estimate of drug-likeness (QED) is 0.354. The molecule has 0 radical (unpaired) electrons. The topological polar surface area (TPSA) is 50.4 Å². The highest BCUT2D eigenvalue weighted by Gasteiger charge is 2.39. The van der Waals surface area contributed by atoms with Crippen LogP contribution in [0, 0.1) is 0 Å². The Labute approximate surface area is 181 Å². The molecule has 12 heteroatoms. The van der Waals surface area contributed by atoms with Crippen molar-refractivity contribution < 1.29 is 35.9 Å². The van der Waals surface area contributed by atoms with Gasteiger partial charge in [0.2, 0.25) is 0 Å². The Balaban J connectivity index is 2.30. The number of alkyl halides is 6. The molecule has 3 rings (SSSR count). The first-order valence-electron chi connectivity index (χ1n) is 8.74. The number of nitrogens with one attached hydrogen (secondary N) is 2. The average Bonchev–Trinajstić information content (AvgIpc) is 3.20. The van der Waals surface area contributed by atoms with Gasteiger partial charge < -0.3 is 15.4 Å². The van der Waals surface area contributed by atoms with Crippen LogP contribution in [0.4, 0.5) is 26.3 Å². The Hall–Kier alpha value is -2.60. The lowest BCUT2D eigenvalue weighted by Crippen LogP contribution is -2.45. The third-order valence-corrected chi connectivity index (χ3v) is 5.43. The number of carbonyl (C=O) groups is 1. The molecule has 1 aliphatic rings. The first kappa shape index (κ1) is 23.1. The molecule has 0 spiro atoms. The minimum atomic E-state index is -5.04. The maximum atomic E-state index is 13.3. The highest BCUT2D eigenvalue weighted by molar-refractivity contribution is 7.80. The molecule has 0 saturated carbocycles. The van der Waals surface area contributed by atoms with Gasteiger partial charge in [-0.05, 0) is 54.4 Å². The number of thiocarbonyl (C=S) groups is 1. The summed E-state index contributed by atoms with van der Waals surface area (Å²) in [4.78, 5) is 13.3. The van der Waals surface area contributed by atoms with E-state index in [1.165, 1.54) is 18.3 Å². The van der Waals surface area contributed by atoms with Crippen LogP contribution < -0.4 is 10.6 Å². The van der Waals surface area contributed by atoms with E-state index in [1.54, 1.807) is 17.5 Å². The molecular weight excluding hydrogens is 466 g/mol. The van der Waals surface area contributed by atoms with Crippen molar-refractivity contribution in [3.05, 3.63) is 62.9 Å². The van der Waals surface area contributed by atoms with Crippen LogP contribution in [0.25, 0.3) is 5.70 Å². The Morgan fingerprint density at radius 3 is 2.23 bits per heavy atom. The summed E-state index contributed by atoms with van der Waals surface area (Å²) in [7, 11) is 0. The van der Waals surface area contributed by atoms with Crippen LogP contribution in [0.5, 0.6) is 0 Å². The number of esters is 1. The second-order valence-electron chi connectivity index (χ2n) is 6.35. The number of carbonyl (C=O) groups excluding carboxylic acids is 1. The molecule has 0 saturated heterocycles. The van der Waals surface area contributed by atoms with Crippen LogP contribution in [-0.4, -0.2) is 17.7 Å². The molecular formula is C19H14F6N2O2S2. The molecule has 1 unspecified atom stereocenters. The lowest BCUT2D eigenvalue weighted by Gasteiger charge is -2.30. The monoisotopic (exact) mass is 480 g/mol. The van der Waals surface area contributed by atoms with Crippen LogP contribution >= 0.6 is 23.6 Å². The standard InChI is InChI=1S/C19H14F6N2O2S2/c1-2-29-16(28)13-14(26-17(30)27-15(13)12-4-3-5-31-12)9-6-10(18(20,21)22)8-11(7-9)19(23,24)25/h3-8,15H,2H2,1H3,(H2,26,27,30). The smallest absolute Gasteiger partial charge is 0.416 e. The van der Waals surface area contributed by atoms with Gasteiger partial charge in [-0.2, -0.15) is 26.3 Å². The molecule has 31 heavy (non-hydrogen) atoms. The number of ether oxygens (including phenoxy) is 1. The van der Waals surface area contributed by atoms with Crippen molar-refractivity contribution in [2.24, 2.45) is 0 Å². The van der Waals surface area contributed by atoms with Gasteiger partial charge in [0.25, 0.3) is 0 Å². The molecule has 0 aliphatic carbocycles. The van der Waals surface area contributed by atoms with E-state index < -0.39 is 41.1 Å². The molecule has 2 aromatic rings. The number of rotatable bonds is 4. The van der Waals surface area contributed by atoms with Gasteiger partial charge in [-0.1, -0.05) is 6.07 Å². The maximum absolute atomic E-state index is 13.3. The number of benzene rings is 1. The zero-order valence-corrected chi connectivity index (χ0v) is 17.3. The van der Waals surface area contributed by atoms with Gasteiger partial charge >= 0.3 is 18.3 Å². The van der Waals surface area contributed by atoms with E-state index in [9.17, 15) is 31.1 Å². The molecule has 1 aromatic carbocycles. The van der Waals surface area contributed by atoms with E-state index in [0.29, 0.717) is 17.0 Å². The molecule has 0 fully saturated rings. The molecule has 2 heterocycles. The lowest BCUT2D eigenvalue weighted by molar-refractivity contribution is -0.143. The predicted octanol–water partition coefficient (Wildman–Crippen LogP) is 5.28.